The SMILES string of the molecule is CCCC(CCOS(C)(=O)=O)C(=O)OCC. The van der Waals surface area contributed by atoms with Crippen LogP contribution in [0.15, 0.2) is 0 Å². The van der Waals surface area contributed by atoms with Crippen molar-refractivity contribution in [3.8, 4) is 0 Å². The lowest BCUT2D eigenvalue weighted by Crippen LogP contribution is -2.20. The molecule has 0 aliphatic rings. The predicted molar refractivity (Wildman–Crippen MR) is 60.4 cm³/mol. The molecule has 0 N–H and O–H groups in total. The highest BCUT2D eigenvalue weighted by Crippen LogP contribution is 2.14. The van der Waals surface area contributed by atoms with Crippen LogP contribution in [0.25, 0.3) is 0 Å². The second kappa shape index (κ2) is 7.62. The van der Waals surface area contributed by atoms with E-state index in [9.17, 15) is 13.2 Å². The molecule has 0 aromatic heterocycles. The van der Waals surface area contributed by atoms with Crippen LogP contribution >= 0.6 is 0 Å². The summed E-state index contributed by atoms with van der Waals surface area (Å²) in [4.78, 5) is 11.5. The summed E-state index contributed by atoms with van der Waals surface area (Å²) in [6.07, 6.45) is 2.90. The van der Waals surface area contributed by atoms with Gasteiger partial charge in [0, 0.05) is 0 Å². The van der Waals surface area contributed by atoms with Crippen molar-refractivity contribution >= 4 is 16.1 Å². The van der Waals surface area contributed by atoms with E-state index in [1.807, 2.05) is 6.92 Å². The third-order valence-corrected chi connectivity index (χ3v) is 2.62. The molecule has 0 amide bonds. The Kier molecular flexibility index (Phi) is 7.33. The fourth-order valence-electron chi connectivity index (χ4n) is 1.33. The highest BCUT2D eigenvalue weighted by Gasteiger charge is 2.19. The van der Waals surface area contributed by atoms with Gasteiger partial charge in [0.2, 0.25) is 0 Å². The minimum absolute atomic E-state index is 0.0301. The van der Waals surface area contributed by atoms with E-state index < -0.39 is 10.1 Å². The molecule has 96 valence electrons. The number of rotatable bonds is 8. The van der Waals surface area contributed by atoms with Crippen LogP contribution in [0.2, 0.25) is 0 Å². The summed E-state index contributed by atoms with van der Waals surface area (Å²) in [6.45, 7) is 4.08. The number of esters is 1. The number of ether oxygens (including phenoxy) is 1. The topological polar surface area (TPSA) is 69.7 Å². The molecule has 0 aromatic carbocycles. The van der Waals surface area contributed by atoms with E-state index >= 15 is 0 Å². The smallest absolute Gasteiger partial charge is 0.309 e. The van der Waals surface area contributed by atoms with E-state index in [0.717, 1.165) is 12.7 Å². The average Bonchev–Trinajstić information content (AvgIpc) is 2.15. The van der Waals surface area contributed by atoms with Crippen LogP contribution in [0.4, 0.5) is 0 Å². The van der Waals surface area contributed by atoms with Crippen LogP contribution in [0.3, 0.4) is 0 Å². The van der Waals surface area contributed by atoms with E-state index in [0.29, 0.717) is 19.4 Å². The number of hydrogen-bond donors (Lipinski definition) is 0. The van der Waals surface area contributed by atoms with Crippen LogP contribution < -0.4 is 0 Å². The second-order valence-corrected chi connectivity index (χ2v) is 5.20. The molecule has 0 saturated carbocycles. The normalized spacial score (nSPS) is 13.4. The van der Waals surface area contributed by atoms with Crippen molar-refractivity contribution < 1.29 is 22.1 Å². The average molecular weight is 252 g/mol. The maximum absolute atomic E-state index is 11.5. The van der Waals surface area contributed by atoms with Gasteiger partial charge in [0.1, 0.15) is 0 Å². The van der Waals surface area contributed by atoms with Crippen LogP contribution in [0.1, 0.15) is 33.1 Å². The van der Waals surface area contributed by atoms with Gasteiger partial charge in [-0.3, -0.25) is 8.98 Å². The summed E-state index contributed by atoms with van der Waals surface area (Å²) in [5, 5.41) is 0. The monoisotopic (exact) mass is 252 g/mol. The lowest BCUT2D eigenvalue weighted by Gasteiger charge is -2.13. The Morgan fingerprint density at radius 3 is 2.31 bits per heavy atom. The van der Waals surface area contributed by atoms with Crippen molar-refractivity contribution in [3.63, 3.8) is 0 Å². The lowest BCUT2D eigenvalue weighted by molar-refractivity contribution is -0.148. The summed E-state index contributed by atoms with van der Waals surface area (Å²) in [7, 11) is -3.42. The summed E-state index contributed by atoms with van der Waals surface area (Å²) < 4.78 is 30.9. The summed E-state index contributed by atoms with van der Waals surface area (Å²) in [5.74, 6) is -0.548. The molecule has 0 saturated heterocycles. The van der Waals surface area contributed by atoms with Gasteiger partial charge in [0.15, 0.2) is 0 Å². The first kappa shape index (κ1) is 15.4. The van der Waals surface area contributed by atoms with Crippen LogP contribution in [-0.4, -0.2) is 33.9 Å². The van der Waals surface area contributed by atoms with Crippen molar-refractivity contribution in [2.24, 2.45) is 5.92 Å². The molecule has 0 bridgehead atoms. The first-order valence-electron chi connectivity index (χ1n) is 5.41. The molecule has 0 rings (SSSR count). The highest BCUT2D eigenvalue weighted by molar-refractivity contribution is 7.85. The van der Waals surface area contributed by atoms with E-state index in [1.54, 1.807) is 6.92 Å². The molecule has 0 spiro atoms. The van der Waals surface area contributed by atoms with Crippen molar-refractivity contribution in [2.45, 2.75) is 33.1 Å². The first-order valence-corrected chi connectivity index (χ1v) is 7.23. The third-order valence-electron chi connectivity index (χ3n) is 2.02. The van der Waals surface area contributed by atoms with Gasteiger partial charge in [-0.05, 0) is 19.8 Å². The van der Waals surface area contributed by atoms with Gasteiger partial charge in [0.05, 0.1) is 25.4 Å². The Hall–Kier alpha value is -0.620. The van der Waals surface area contributed by atoms with Gasteiger partial charge in [-0.2, -0.15) is 8.42 Å². The second-order valence-electron chi connectivity index (χ2n) is 3.55. The quantitative estimate of drug-likeness (QED) is 0.481. The largest absolute Gasteiger partial charge is 0.466 e. The molecule has 16 heavy (non-hydrogen) atoms. The van der Waals surface area contributed by atoms with Gasteiger partial charge in [0.25, 0.3) is 10.1 Å². The Morgan fingerprint density at radius 2 is 1.88 bits per heavy atom. The van der Waals surface area contributed by atoms with Crippen molar-refractivity contribution in [3.05, 3.63) is 0 Å². The molecule has 0 aromatic rings. The van der Waals surface area contributed by atoms with E-state index in [1.165, 1.54) is 0 Å². The van der Waals surface area contributed by atoms with Crippen molar-refractivity contribution in [1.29, 1.82) is 0 Å². The Labute approximate surface area is 97.2 Å². The van der Waals surface area contributed by atoms with Crippen LogP contribution in [-0.2, 0) is 23.8 Å². The lowest BCUT2D eigenvalue weighted by atomic mass is 10.0. The minimum Gasteiger partial charge on any atom is -0.466 e. The summed E-state index contributed by atoms with van der Waals surface area (Å²) in [5.41, 5.74) is 0. The zero-order valence-electron chi connectivity index (χ0n) is 10.1. The third kappa shape index (κ3) is 7.64. The Bertz CT molecular complexity index is 296. The molecular weight excluding hydrogens is 232 g/mol. The van der Waals surface area contributed by atoms with Crippen LogP contribution in [0, 0.1) is 5.92 Å². The molecule has 0 fully saturated rings. The van der Waals surface area contributed by atoms with Gasteiger partial charge in [-0.1, -0.05) is 13.3 Å². The molecule has 0 radical (unpaired) electrons. The fraction of sp³-hybridized carbons (Fsp3) is 0.900. The maximum Gasteiger partial charge on any atom is 0.309 e. The van der Waals surface area contributed by atoms with Crippen molar-refractivity contribution in [1.82, 2.24) is 0 Å². The zero-order valence-corrected chi connectivity index (χ0v) is 10.9. The summed E-state index contributed by atoms with van der Waals surface area (Å²) in [6, 6.07) is 0. The fourth-order valence-corrected chi connectivity index (χ4v) is 1.73. The number of carbonyl (C=O) groups is 1. The minimum atomic E-state index is -3.42. The van der Waals surface area contributed by atoms with E-state index in [4.69, 9.17) is 4.74 Å². The molecule has 0 heterocycles. The van der Waals surface area contributed by atoms with Gasteiger partial charge in [-0.25, -0.2) is 0 Å². The molecule has 5 nitrogen and oxygen atoms in total. The Morgan fingerprint density at radius 1 is 1.25 bits per heavy atom. The molecule has 0 aliphatic carbocycles. The molecule has 6 heteroatoms. The Balaban J connectivity index is 4.08. The molecular formula is C10H20O5S. The van der Waals surface area contributed by atoms with Crippen LogP contribution in [0.5, 0.6) is 0 Å². The molecule has 1 unspecified atom stereocenters. The maximum atomic E-state index is 11.5. The predicted octanol–water partition coefficient (Wildman–Crippen LogP) is 1.33. The first-order chi connectivity index (χ1) is 7.40. The van der Waals surface area contributed by atoms with Gasteiger partial charge in [-0.15, -0.1) is 0 Å². The van der Waals surface area contributed by atoms with Gasteiger partial charge >= 0.3 is 5.97 Å². The highest BCUT2D eigenvalue weighted by atomic mass is 32.2. The molecule has 1 atom stereocenters. The number of carbonyl (C=O) groups excluding carboxylic acids is 1. The number of hydrogen-bond acceptors (Lipinski definition) is 5. The zero-order chi connectivity index (χ0) is 12.6. The standard InChI is InChI=1S/C10H20O5S/c1-4-6-9(10(11)14-5-2)7-8-15-16(3,12)13/h9H,4-8H2,1-3H3. The van der Waals surface area contributed by atoms with E-state index in [-0.39, 0.29) is 18.5 Å². The summed E-state index contributed by atoms with van der Waals surface area (Å²) >= 11 is 0. The van der Waals surface area contributed by atoms with Gasteiger partial charge < -0.3 is 4.74 Å². The van der Waals surface area contributed by atoms with E-state index in [2.05, 4.69) is 4.18 Å². The molecule has 0 aliphatic heterocycles. The van der Waals surface area contributed by atoms with Crippen molar-refractivity contribution in [2.75, 3.05) is 19.5 Å².